The summed E-state index contributed by atoms with van der Waals surface area (Å²) in [6.45, 7) is 9.50. The maximum Gasteiger partial charge on any atom is 0.252 e. The van der Waals surface area contributed by atoms with E-state index in [0.29, 0.717) is 0 Å². The van der Waals surface area contributed by atoms with Crippen LogP contribution in [-0.2, 0) is 10.8 Å². The highest BCUT2D eigenvalue weighted by Gasteiger charge is 2.45. The standard InChI is InChI=1S/C60H46BN3/c1-59(2)49-25-14-12-23-45(49)47-36-41(31-34-50(47)59)64-56-29-17-28-55-58(56)61(53-35-32-43(38-57(53)64)62(39-18-7-5-8-19-39)40-20-9-6-10-21-40)52-26-15-16-27-54(52)63(55)42-30-33-46-44-22-11-13-24-48(44)60(3,4)51(46)37-42/h5-38H,1-4H3. The Morgan fingerprint density at radius 3 is 1.55 bits per heavy atom. The Morgan fingerprint density at radius 2 is 0.844 bits per heavy atom. The molecule has 0 amide bonds. The van der Waals surface area contributed by atoms with E-state index in [4.69, 9.17) is 0 Å². The number of hydrogen-bond donors (Lipinski definition) is 0. The highest BCUT2D eigenvalue weighted by atomic mass is 15.2. The molecule has 64 heavy (non-hydrogen) atoms. The first kappa shape index (κ1) is 37.0. The minimum Gasteiger partial charge on any atom is -0.311 e. The third-order valence-corrected chi connectivity index (χ3v) is 14.8. The largest absolute Gasteiger partial charge is 0.311 e. The van der Waals surface area contributed by atoms with Gasteiger partial charge in [0.2, 0.25) is 0 Å². The molecule has 304 valence electrons. The van der Waals surface area contributed by atoms with E-state index in [9.17, 15) is 0 Å². The van der Waals surface area contributed by atoms with Gasteiger partial charge in [-0.15, -0.1) is 0 Å². The van der Waals surface area contributed by atoms with Crippen LogP contribution in [0.4, 0.5) is 51.2 Å². The summed E-state index contributed by atoms with van der Waals surface area (Å²) in [5, 5.41) is 0. The van der Waals surface area contributed by atoms with Crippen molar-refractivity contribution in [2.24, 2.45) is 0 Å². The fourth-order valence-corrected chi connectivity index (χ4v) is 11.8. The van der Waals surface area contributed by atoms with E-state index >= 15 is 0 Å². The Hall–Kier alpha value is -7.56. The van der Waals surface area contributed by atoms with Crippen molar-refractivity contribution < 1.29 is 0 Å². The van der Waals surface area contributed by atoms with Crippen LogP contribution in [0.2, 0.25) is 0 Å². The van der Waals surface area contributed by atoms with Gasteiger partial charge in [0.05, 0.1) is 0 Å². The number of para-hydroxylation sites is 3. The molecule has 0 unspecified atom stereocenters. The van der Waals surface area contributed by atoms with Crippen LogP contribution < -0.4 is 31.1 Å². The highest BCUT2D eigenvalue weighted by molar-refractivity contribution is 7.00. The molecule has 4 aliphatic rings. The van der Waals surface area contributed by atoms with E-state index in [0.717, 1.165) is 22.7 Å². The molecular formula is C60H46BN3. The normalized spacial score (nSPS) is 15.0. The minimum atomic E-state index is -0.114. The molecule has 0 saturated carbocycles. The smallest absolute Gasteiger partial charge is 0.252 e. The lowest BCUT2D eigenvalue weighted by Gasteiger charge is -2.44. The quantitative estimate of drug-likeness (QED) is 0.160. The van der Waals surface area contributed by atoms with E-state index in [-0.39, 0.29) is 17.5 Å². The van der Waals surface area contributed by atoms with Crippen molar-refractivity contribution in [3.05, 3.63) is 229 Å². The second-order valence-electron chi connectivity index (χ2n) is 18.9. The summed E-state index contributed by atoms with van der Waals surface area (Å²) in [6.07, 6.45) is 0. The molecule has 0 atom stereocenters. The van der Waals surface area contributed by atoms with E-state index in [2.05, 4.69) is 249 Å². The third-order valence-electron chi connectivity index (χ3n) is 14.8. The average Bonchev–Trinajstić information content (AvgIpc) is 3.71. The first-order valence-corrected chi connectivity index (χ1v) is 22.6. The van der Waals surface area contributed by atoms with Crippen LogP contribution in [-0.4, -0.2) is 6.71 Å². The molecule has 0 spiro atoms. The summed E-state index contributed by atoms with van der Waals surface area (Å²) >= 11 is 0. The number of fused-ring (bicyclic) bond motifs is 10. The second-order valence-corrected chi connectivity index (χ2v) is 18.9. The van der Waals surface area contributed by atoms with E-state index in [1.165, 1.54) is 89.3 Å². The molecule has 2 aliphatic heterocycles. The zero-order valence-electron chi connectivity index (χ0n) is 36.5. The zero-order chi connectivity index (χ0) is 42.9. The zero-order valence-corrected chi connectivity index (χ0v) is 36.5. The summed E-state index contributed by atoms with van der Waals surface area (Å²) in [6, 6.07) is 77.1. The molecule has 9 aromatic carbocycles. The molecule has 0 bridgehead atoms. The van der Waals surface area contributed by atoms with E-state index < -0.39 is 0 Å². The first-order valence-electron chi connectivity index (χ1n) is 22.6. The van der Waals surface area contributed by atoms with Gasteiger partial charge in [-0.1, -0.05) is 155 Å². The maximum absolute atomic E-state index is 2.56. The van der Waals surface area contributed by atoms with Crippen LogP contribution in [0.15, 0.2) is 206 Å². The Morgan fingerprint density at radius 1 is 0.344 bits per heavy atom. The Kier molecular flexibility index (Phi) is 7.80. The van der Waals surface area contributed by atoms with Crippen LogP contribution in [0.3, 0.4) is 0 Å². The number of rotatable bonds is 5. The maximum atomic E-state index is 2.56. The van der Waals surface area contributed by atoms with Crippen LogP contribution >= 0.6 is 0 Å². The lowest BCUT2D eigenvalue weighted by atomic mass is 9.33. The fraction of sp³-hybridized carbons (Fsp3) is 0.100. The van der Waals surface area contributed by atoms with Crippen LogP contribution in [0.5, 0.6) is 0 Å². The molecule has 0 saturated heterocycles. The second kappa shape index (κ2) is 13.5. The molecule has 0 radical (unpaired) electrons. The molecule has 0 aromatic heterocycles. The highest BCUT2D eigenvalue weighted by Crippen LogP contribution is 2.54. The number of nitrogens with zero attached hydrogens (tertiary/aromatic N) is 3. The molecule has 2 heterocycles. The van der Waals surface area contributed by atoms with Gasteiger partial charge in [0.25, 0.3) is 6.71 Å². The van der Waals surface area contributed by atoms with E-state index in [1.54, 1.807) is 0 Å². The van der Waals surface area contributed by atoms with Crippen molar-refractivity contribution in [2.75, 3.05) is 14.7 Å². The van der Waals surface area contributed by atoms with Crippen LogP contribution in [0, 0.1) is 0 Å². The van der Waals surface area contributed by atoms with Gasteiger partial charge >= 0.3 is 0 Å². The molecule has 0 fully saturated rings. The summed E-state index contributed by atoms with van der Waals surface area (Å²) in [4.78, 5) is 7.48. The molecule has 13 rings (SSSR count). The Balaban J connectivity index is 1.06. The summed E-state index contributed by atoms with van der Waals surface area (Å²) in [7, 11) is 0. The van der Waals surface area contributed by atoms with Crippen molar-refractivity contribution in [2.45, 2.75) is 38.5 Å². The minimum absolute atomic E-state index is 0.0186. The third kappa shape index (κ3) is 5.11. The van der Waals surface area contributed by atoms with Gasteiger partial charge in [-0.05, 0) is 140 Å². The van der Waals surface area contributed by atoms with Crippen molar-refractivity contribution in [1.82, 2.24) is 0 Å². The predicted molar refractivity (Wildman–Crippen MR) is 270 cm³/mol. The predicted octanol–water partition coefficient (Wildman–Crippen LogP) is 13.9. The Bertz CT molecular complexity index is 3330. The number of benzene rings is 9. The van der Waals surface area contributed by atoms with Crippen molar-refractivity contribution in [3.8, 4) is 22.3 Å². The Labute approximate surface area is 376 Å². The van der Waals surface area contributed by atoms with Crippen LogP contribution in [0.1, 0.15) is 49.9 Å². The summed E-state index contributed by atoms with van der Waals surface area (Å²) in [5.74, 6) is 0. The van der Waals surface area contributed by atoms with Gasteiger partial charge in [0.1, 0.15) is 0 Å². The van der Waals surface area contributed by atoms with Crippen molar-refractivity contribution in [3.63, 3.8) is 0 Å². The number of anilines is 9. The van der Waals surface area contributed by atoms with Gasteiger partial charge in [0, 0.05) is 62.0 Å². The molecular weight excluding hydrogens is 773 g/mol. The molecule has 2 aliphatic carbocycles. The lowest BCUT2D eigenvalue weighted by Crippen LogP contribution is -2.61. The van der Waals surface area contributed by atoms with E-state index in [1.807, 2.05) is 0 Å². The topological polar surface area (TPSA) is 9.72 Å². The molecule has 9 aromatic rings. The summed E-state index contributed by atoms with van der Waals surface area (Å²) < 4.78 is 0. The molecule has 0 N–H and O–H groups in total. The van der Waals surface area contributed by atoms with Gasteiger partial charge in [-0.25, -0.2) is 0 Å². The fourth-order valence-electron chi connectivity index (χ4n) is 11.8. The number of hydrogen-bond acceptors (Lipinski definition) is 3. The van der Waals surface area contributed by atoms with Crippen molar-refractivity contribution >= 4 is 74.3 Å². The molecule has 4 heteroatoms. The van der Waals surface area contributed by atoms with Crippen LogP contribution in [0.25, 0.3) is 22.3 Å². The lowest BCUT2D eigenvalue weighted by molar-refractivity contribution is 0.660. The van der Waals surface area contributed by atoms with Gasteiger partial charge < -0.3 is 14.7 Å². The first-order chi connectivity index (χ1) is 31.3. The van der Waals surface area contributed by atoms with Gasteiger partial charge in [0.15, 0.2) is 0 Å². The van der Waals surface area contributed by atoms with Crippen molar-refractivity contribution in [1.29, 1.82) is 0 Å². The summed E-state index contributed by atoms with van der Waals surface area (Å²) in [5.41, 5.74) is 25.1. The van der Waals surface area contributed by atoms with Gasteiger partial charge in [-0.3, -0.25) is 0 Å². The van der Waals surface area contributed by atoms with Gasteiger partial charge in [-0.2, -0.15) is 0 Å². The molecule has 3 nitrogen and oxygen atoms in total. The monoisotopic (exact) mass is 819 g/mol. The average molecular weight is 820 g/mol. The SMILES string of the molecule is CC1(C)c2ccccc2-c2cc(N3c4cc(N(c5ccccc5)c5ccccc5)ccc4B4c5ccccc5N(c5ccc6c(c5)C(C)(C)c5ccccc5-6)c5cccc3c54)ccc21.